The highest BCUT2D eigenvalue weighted by Gasteiger charge is 2.33. The van der Waals surface area contributed by atoms with Crippen molar-refractivity contribution in [2.45, 2.75) is 17.7 Å². The van der Waals surface area contributed by atoms with E-state index in [0.717, 1.165) is 16.9 Å². The Labute approximate surface area is 173 Å². The van der Waals surface area contributed by atoms with Gasteiger partial charge in [-0.25, -0.2) is 17.9 Å². The van der Waals surface area contributed by atoms with Crippen LogP contribution in [0.15, 0.2) is 34.5 Å². The number of benzene rings is 1. The molecule has 0 aliphatic carbocycles. The first kappa shape index (κ1) is 21.4. The fourth-order valence-corrected chi connectivity index (χ4v) is 5.82. The van der Waals surface area contributed by atoms with Gasteiger partial charge >= 0.3 is 5.97 Å². The molecule has 156 valence electrons. The van der Waals surface area contributed by atoms with Crippen LogP contribution in [0, 0.1) is 6.92 Å². The van der Waals surface area contributed by atoms with E-state index in [9.17, 15) is 18.0 Å². The van der Waals surface area contributed by atoms with Gasteiger partial charge in [-0.3, -0.25) is 4.79 Å². The van der Waals surface area contributed by atoms with Crippen molar-refractivity contribution in [2.24, 2.45) is 0 Å². The molecule has 0 radical (unpaired) electrons. The molecule has 1 aromatic carbocycles. The Morgan fingerprint density at radius 3 is 2.48 bits per heavy atom. The van der Waals surface area contributed by atoms with Gasteiger partial charge in [0.25, 0.3) is 15.9 Å². The van der Waals surface area contributed by atoms with Crippen LogP contribution in [0.5, 0.6) is 0 Å². The number of nitrogens with zero attached hydrogens (tertiary/aromatic N) is 1. The lowest BCUT2D eigenvalue weighted by Crippen LogP contribution is -2.40. The van der Waals surface area contributed by atoms with Gasteiger partial charge < -0.3 is 14.4 Å². The molecule has 10 heteroatoms. The standard InChI is InChI=1S/C19H22N2O6S2/c1-13-15(18(23)26-2)19(28-16(13)17(22)21-8-10-27-11-9-21)29(24,25)20-12-14-6-4-3-5-7-14/h3-7,20H,8-12H2,1-2H3. The van der Waals surface area contributed by atoms with Gasteiger partial charge in [0, 0.05) is 19.6 Å². The first-order chi connectivity index (χ1) is 13.8. The van der Waals surface area contributed by atoms with Crippen LogP contribution in [-0.2, 0) is 26.0 Å². The summed E-state index contributed by atoms with van der Waals surface area (Å²) in [6, 6.07) is 9.02. The number of morpholine rings is 1. The Morgan fingerprint density at radius 2 is 1.86 bits per heavy atom. The van der Waals surface area contributed by atoms with E-state index in [4.69, 9.17) is 9.47 Å². The second kappa shape index (κ2) is 9.04. The Bertz CT molecular complexity index is 995. The summed E-state index contributed by atoms with van der Waals surface area (Å²) in [5.41, 5.74) is 0.974. The summed E-state index contributed by atoms with van der Waals surface area (Å²) in [6.07, 6.45) is 0. The van der Waals surface area contributed by atoms with Gasteiger partial charge in [0.15, 0.2) is 4.21 Å². The maximum absolute atomic E-state index is 13.0. The number of rotatable bonds is 6. The highest BCUT2D eigenvalue weighted by molar-refractivity contribution is 7.91. The molecule has 0 spiro atoms. The molecule has 1 saturated heterocycles. The first-order valence-electron chi connectivity index (χ1n) is 8.97. The van der Waals surface area contributed by atoms with E-state index in [-0.39, 0.29) is 27.1 Å². The number of hydrogen-bond donors (Lipinski definition) is 1. The smallest absolute Gasteiger partial charge is 0.340 e. The van der Waals surface area contributed by atoms with Crippen molar-refractivity contribution in [3.63, 3.8) is 0 Å². The SMILES string of the molecule is COC(=O)c1c(S(=O)(=O)NCc2ccccc2)sc(C(=O)N2CCOCC2)c1C. The zero-order valence-corrected chi connectivity index (χ0v) is 17.8. The molecule has 1 aliphatic rings. The fraction of sp³-hybridized carbons (Fsp3) is 0.368. The van der Waals surface area contributed by atoms with Crippen LogP contribution >= 0.6 is 11.3 Å². The lowest BCUT2D eigenvalue weighted by molar-refractivity contribution is 0.0305. The molecule has 0 saturated carbocycles. The average Bonchev–Trinajstić information content (AvgIpc) is 3.10. The molecular weight excluding hydrogens is 416 g/mol. The Kier molecular flexibility index (Phi) is 6.68. The summed E-state index contributed by atoms with van der Waals surface area (Å²) in [6.45, 7) is 3.30. The minimum atomic E-state index is -4.04. The predicted molar refractivity (Wildman–Crippen MR) is 108 cm³/mol. The van der Waals surface area contributed by atoms with E-state index >= 15 is 0 Å². The van der Waals surface area contributed by atoms with E-state index in [2.05, 4.69) is 4.72 Å². The minimum absolute atomic E-state index is 0.0630. The van der Waals surface area contributed by atoms with Crippen molar-refractivity contribution in [3.8, 4) is 0 Å². The zero-order chi connectivity index (χ0) is 21.0. The van der Waals surface area contributed by atoms with Crippen molar-refractivity contribution >= 4 is 33.2 Å². The molecule has 8 nitrogen and oxygen atoms in total. The predicted octanol–water partition coefficient (Wildman–Crippen LogP) is 1.79. The van der Waals surface area contributed by atoms with Crippen molar-refractivity contribution in [1.82, 2.24) is 9.62 Å². The van der Waals surface area contributed by atoms with Crippen LogP contribution in [0.3, 0.4) is 0 Å². The number of methoxy groups -OCH3 is 1. The number of hydrogen-bond acceptors (Lipinski definition) is 7. The van der Waals surface area contributed by atoms with Gasteiger partial charge in [-0.05, 0) is 18.1 Å². The normalized spacial score (nSPS) is 14.6. The minimum Gasteiger partial charge on any atom is -0.465 e. The summed E-state index contributed by atoms with van der Waals surface area (Å²) in [7, 11) is -2.86. The lowest BCUT2D eigenvalue weighted by atomic mass is 10.1. The topological polar surface area (TPSA) is 102 Å². The number of thiophene rings is 1. The van der Waals surface area contributed by atoms with Crippen molar-refractivity contribution < 1.29 is 27.5 Å². The van der Waals surface area contributed by atoms with Gasteiger partial charge in [-0.2, -0.15) is 0 Å². The van der Waals surface area contributed by atoms with Gasteiger partial charge in [0.2, 0.25) is 0 Å². The molecule has 1 fully saturated rings. The lowest BCUT2D eigenvalue weighted by Gasteiger charge is -2.26. The van der Waals surface area contributed by atoms with E-state index < -0.39 is 16.0 Å². The third-order valence-corrected chi connectivity index (χ3v) is 7.75. The average molecular weight is 439 g/mol. The second-order valence-corrected chi connectivity index (χ2v) is 9.41. The molecular formula is C19H22N2O6S2. The third-order valence-electron chi connectivity index (χ3n) is 4.55. The summed E-state index contributed by atoms with van der Waals surface area (Å²) in [5.74, 6) is -1.11. The molecule has 0 atom stereocenters. The molecule has 3 rings (SSSR count). The number of amides is 1. The molecule has 0 unspecified atom stereocenters. The quantitative estimate of drug-likeness (QED) is 0.690. The van der Waals surface area contributed by atoms with Crippen molar-refractivity contribution in [1.29, 1.82) is 0 Å². The molecule has 29 heavy (non-hydrogen) atoms. The number of sulfonamides is 1. The Balaban J connectivity index is 1.96. The van der Waals surface area contributed by atoms with Crippen LogP contribution in [0.4, 0.5) is 0 Å². The summed E-state index contributed by atoms with van der Waals surface area (Å²) in [4.78, 5) is 27.1. The van der Waals surface area contributed by atoms with Crippen LogP contribution in [0.2, 0.25) is 0 Å². The van der Waals surface area contributed by atoms with Gasteiger partial charge in [0.1, 0.15) is 0 Å². The van der Waals surface area contributed by atoms with E-state index in [1.807, 2.05) is 6.07 Å². The molecule has 2 aromatic rings. The van der Waals surface area contributed by atoms with Gasteiger partial charge in [-0.1, -0.05) is 30.3 Å². The monoisotopic (exact) mass is 438 g/mol. The highest BCUT2D eigenvalue weighted by atomic mass is 32.2. The van der Waals surface area contributed by atoms with E-state index in [1.165, 1.54) is 7.11 Å². The Morgan fingerprint density at radius 1 is 1.21 bits per heavy atom. The molecule has 0 bridgehead atoms. The number of esters is 1. The Hall–Kier alpha value is -2.27. The number of nitrogens with one attached hydrogen (secondary N) is 1. The number of carbonyl (C=O) groups is 2. The summed E-state index contributed by atoms with van der Waals surface area (Å²) >= 11 is 0.790. The van der Waals surface area contributed by atoms with Crippen LogP contribution in [-0.4, -0.2) is 58.6 Å². The van der Waals surface area contributed by atoms with Gasteiger partial charge in [0.05, 0.1) is 30.8 Å². The van der Waals surface area contributed by atoms with Crippen molar-refractivity contribution in [3.05, 3.63) is 51.9 Å². The fourth-order valence-electron chi connectivity index (χ4n) is 2.97. The second-order valence-electron chi connectivity index (χ2n) is 6.42. The van der Waals surface area contributed by atoms with Crippen molar-refractivity contribution in [2.75, 3.05) is 33.4 Å². The maximum Gasteiger partial charge on any atom is 0.340 e. The zero-order valence-electron chi connectivity index (χ0n) is 16.1. The molecule has 2 heterocycles. The number of carbonyl (C=O) groups excluding carboxylic acids is 2. The summed E-state index contributed by atoms with van der Waals surface area (Å²) < 4.78 is 38.2. The van der Waals surface area contributed by atoms with E-state index in [0.29, 0.717) is 31.9 Å². The molecule has 1 N–H and O–H groups in total. The third kappa shape index (κ3) is 4.67. The summed E-state index contributed by atoms with van der Waals surface area (Å²) in [5, 5.41) is 0. The van der Waals surface area contributed by atoms with Crippen LogP contribution < -0.4 is 4.72 Å². The van der Waals surface area contributed by atoms with E-state index in [1.54, 1.807) is 36.1 Å². The largest absolute Gasteiger partial charge is 0.465 e. The maximum atomic E-state index is 13.0. The van der Waals surface area contributed by atoms with Gasteiger partial charge in [-0.15, -0.1) is 11.3 Å². The van der Waals surface area contributed by atoms with Crippen LogP contribution in [0.1, 0.15) is 31.2 Å². The van der Waals surface area contributed by atoms with Crippen LogP contribution in [0.25, 0.3) is 0 Å². The highest BCUT2D eigenvalue weighted by Crippen LogP contribution is 2.33. The molecule has 1 aliphatic heterocycles. The molecule has 1 aromatic heterocycles. The first-order valence-corrected chi connectivity index (χ1v) is 11.3. The molecule has 1 amide bonds. The number of ether oxygens (including phenoxy) is 2.